The van der Waals surface area contributed by atoms with Crippen LogP contribution in [0, 0.1) is 19.7 Å². The van der Waals surface area contributed by atoms with Crippen molar-refractivity contribution in [1.82, 2.24) is 25.1 Å². The molecular formula is C26H31F4N7O. The Labute approximate surface area is 218 Å². The maximum atomic E-state index is 15.2. The van der Waals surface area contributed by atoms with E-state index in [2.05, 4.69) is 35.7 Å². The summed E-state index contributed by atoms with van der Waals surface area (Å²) < 4.78 is 61.3. The Morgan fingerprint density at radius 1 is 1.03 bits per heavy atom. The molecule has 0 radical (unpaired) electrons. The molecule has 1 saturated heterocycles. The van der Waals surface area contributed by atoms with Crippen LogP contribution in [-0.2, 0) is 10.9 Å². The molecule has 38 heavy (non-hydrogen) atoms. The monoisotopic (exact) mass is 533 g/mol. The second-order valence-corrected chi connectivity index (χ2v) is 9.98. The van der Waals surface area contributed by atoms with E-state index < -0.39 is 23.4 Å². The lowest BCUT2D eigenvalue weighted by molar-refractivity contribution is -0.137. The number of aromatic nitrogens is 4. The Hall–Kier alpha value is -3.25. The van der Waals surface area contributed by atoms with Crippen LogP contribution >= 0.6 is 0 Å². The number of anilines is 4. The Morgan fingerprint density at radius 2 is 1.76 bits per heavy atom. The fraction of sp³-hybridized carbons (Fsp3) is 0.500. The molecule has 0 spiro atoms. The van der Waals surface area contributed by atoms with Crippen LogP contribution in [0.1, 0.15) is 54.0 Å². The van der Waals surface area contributed by atoms with E-state index in [1.807, 2.05) is 6.92 Å². The molecule has 1 aliphatic carbocycles. The van der Waals surface area contributed by atoms with Crippen molar-refractivity contribution in [2.75, 3.05) is 36.9 Å². The van der Waals surface area contributed by atoms with Gasteiger partial charge in [0.05, 0.1) is 18.9 Å². The standard InChI is InChI=1S/C26H31F4N7O/c1-15-11-22(21(27)13-19(15)17-3-5-18(6-4-17)37-7-9-38-10-8-37)32-25-31-14-20(26(28,29)30)24(34-25)33-23-12-16(2)35-36-23/h11-14,17-18H,3-10H2,1-2H3,(H3,31,32,33,34,35,36)/t17-,18+. The van der Waals surface area contributed by atoms with Crippen LogP contribution in [0.3, 0.4) is 0 Å². The maximum absolute atomic E-state index is 15.2. The van der Waals surface area contributed by atoms with Gasteiger partial charge in [-0.1, -0.05) is 0 Å². The first kappa shape index (κ1) is 26.4. The first-order valence-electron chi connectivity index (χ1n) is 12.8. The summed E-state index contributed by atoms with van der Waals surface area (Å²) in [5.74, 6) is -0.697. The van der Waals surface area contributed by atoms with E-state index in [0.717, 1.165) is 63.1 Å². The van der Waals surface area contributed by atoms with E-state index in [0.29, 0.717) is 17.9 Å². The van der Waals surface area contributed by atoms with Crippen LogP contribution in [0.15, 0.2) is 24.4 Å². The first-order valence-corrected chi connectivity index (χ1v) is 12.8. The van der Waals surface area contributed by atoms with Crippen LogP contribution in [0.4, 0.5) is 40.8 Å². The number of hydrogen-bond donors (Lipinski definition) is 3. The lowest BCUT2D eigenvalue weighted by atomic mass is 9.79. The van der Waals surface area contributed by atoms with E-state index in [1.54, 1.807) is 19.1 Å². The molecule has 1 saturated carbocycles. The zero-order valence-corrected chi connectivity index (χ0v) is 21.3. The second-order valence-electron chi connectivity index (χ2n) is 9.98. The van der Waals surface area contributed by atoms with Gasteiger partial charge in [-0.3, -0.25) is 10.00 Å². The number of nitrogens with one attached hydrogen (secondary N) is 3. The quantitative estimate of drug-likeness (QED) is 0.344. The molecule has 1 aromatic carbocycles. The van der Waals surface area contributed by atoms with Gasteiger partial charge in [0.15, 0.2) is 5.82 Å². The minimum absolute atomic E-state index is 0.106. The highest BCUT2D eigenvalue weighted by Crippen LogP contribution is 2.39. The molecule has 3 heterocycles. The Bertz CT molecular complexity index is 1260. The van der Waals surface area contributed by atoms with Crippen LogP contribution in [0.2, 0.25) is 0 Å². The number of alkyl halides is 3. The lowest BCUT2D eigenvalue weighted by Gasteiger charge is -2.39. The van der Waals surface area contributed by atoms with Gasteiger partial charge in [-0.15, -0.1) is 0 Å². The SMILES string of the molecule is Cc1cc(Nc2nc(Nc3cc(C)c([C@H]4CC[C@@H](N5CCOCC5)CC4)cc3F)ncc2C(F)(F)F)n[nH]1. The summed E-state index contributed by atoms with van der Waals surface area (Å²) >= 11 is 0. The molecule has 8 nitrogen and oxygen atoms in total. The highest BCUT2D eigenvalue weighted by molar-refractivity contribution is 5.62. The third kappa shape index (κ3) is 5.91. The summed E-state index contributed by atoms with van der Waals surface area (Å²) in [6.45, 7) is 7.14. The number of halogens is 4. The largest absolute Gasteiger partial charge is 0.421 e. The normalized spacial score (nSPS) is 20.9. The fourth-order valence-electron chi connectivity index (χ4n) is 5.40. The highest BCUT2D eigenvalue weighted by atomic mass is 19.4. The molecule has 12 heteroatoms. The van der Waals surface area contributed by atoms with Gasteiger partial charge >= 0.3 is 6.18 Å². The van der Waals surface area contributed by atoms with Crippen molar-refractivity contribution < 1.29 is 22.3 Å². The van der Waals surface area contributed by atoms with Crippen molar-refractivity contribution in [2.45, 2.75) is 57.7 Å². The molecule has 204 valence electrons. The molecule has 2 fully saturated rings. The molecule has 5 rings (SSSR count). The average molecular weight is 534 g/mol. The summed E-state index contributed by atoms with van der Waals surface area (Å²) in [7, 11) is 0. The minimum Gasteiger partial charge on any atom is -0.379 e. The maximum Gasteiger partial charge on any atom is 0.421 e. The number of hydrogen-bond acceptors (Lipinski definition) is 7. The summed E-state index contributed by atoms with van der Waals surface area (Å²) in [4.78, 5) is 10.3. The number of nitrogens with zero attached hydrogens (tertiary/aromatic N) is 4. The predicted molar refractivity (Wildman–Crippen MR) is 135 cm³/mol. The van der Waals surface area contributed by atoms with Gasteiger partial charge in [-0.25, -0.2) is 9.37 Å². The summed E-state index contributed by atoms with van der Waals surface area (Å²) in [5.41, 5.74) is 1.61. The van der Waals surface area contributed by atoms with Crippen LogP contribution in [0.25, 0.3) is 0 Å². The van der Waals surface area contributed by atoms with Crippen molar-refractivity contribution in [2.24, 2.45) is 0 Å². The van der Waals surface area contributed by atoms with Crippen LogP contribution < -0.4 is 10.6 Å². The molecule has 3 N–H and O–H groups in total. The van der Waals surface area contributed by atoms with Gasteiger partial charge in [0.25, 0.3) is 0 Å². The number of H-pyrrole nitrogens is 1. The third-order valence-corrected chi connectivity index (χ3v) is 7.35. The minimum atomic E-state index is -4.68. The van der Waals surface area contributed by atoms with Crippen molar-refractivity contribution in [1.29, 1.82) is 0 Å². The Morgan fingerprint density at radius 3 is 2.42 bits per heavy atom. The van der Waals surface area contributed by atoms with Crippen molar-refractivity contribution >= 4 is 23.3 Å². The molecule has 0 amide bonds. The van der Waals surface area contributed by atoms with Crippen molar-refractivity contribution in [3.05, 3.63) is 52.6 Å². The van der Waals surface area contributed by atoms with Gasteiger partial charge in [0, 0.05) is 37.1 Å². The Balaban J connectivity index is 1.31. The van der Waals surface area contributed by atoms with E-state index >= 15 is 4.39 Å². The lowest BCUT2D eigenvalue weighted by Crippen LogP contribution is -2.44. The number of aryl methyl sites for hydroxylation is 2. The van der Waals surface area contributed by atoms with E-state index in [4.69, 9.17) is 4.74 Å². The topological polar surface area (TPSA) is 91.0 Å². The second kappa shape index (κ2) is 10.9. The summed E-state index contributed by atoms with van der Waals surface area (Å²) in [6, 6.07) is 5.30. The zero-order valence-electron chi connectivity index (χ0n) is 21.3. The highest BCUT2D eigenvalue weighted by Gasteiger charge is 2.36. The molecule has 2 aliphatic rings. The molecule has 0 bridgehead atoms. The predicted octanol–water partition coefficient (Wildman–Crippen LogP) is 5.82. The number of rotatable bonds is 6. The van der Waals surface area contributed by atoms with Crippen LogP contribution in [-0.4, -0.2) is 57.4 Å². The van der Waals surface area contributed by atoms with E-state index in [1.165, 1.54) is 6.07 Å². The fourth-order valence-corrected chi connectivity index (χ4v) is 5.40. The zero-order chi connectivity index (χ0) is 26.9. The molecule has 1 aliphatic heterocycles. The number of benzene rings is 1. The average Bonchev–Trinajstić information content (AvgIpc) is 3.30. The third-order valence-electron chi connectivity index (χ3n) is 7.35. The van der Waals surface area contributed by atoms with Gasteiger partial charge in [-0.2, -0.15) is 23.3 Å². The smallest absolute Gasteiger partial charge is 0.379 e. The Kier molecular flexibility index (Phi) is 7.53. The van der Waals surface area contributed by atoms with Gasteiger partial charge in [0.2, 0.25) is 5.95 Å². The molecule has 0 atom stereocenters. The van der Waals surface area contributed by atoms with Gasteiger partial charge in [0.1, 0.15) is 17.2 Å². The molecular weight excluding hydrogens is 502 g/mol. The van der Waals surface area contributed by atoms with E-state index in [-0.39, 0.29) is 23.4 Å². The first-order chi connectivity index (χ1) is 18.2. The number of ether oxygens (including phenoxy) is 1. The van der Waals surface area contributed by atoms with Crippen LogP contribution in [0.5, 0.6) is 0 Å². The van der Waals surface area contributed by atoms with Gasteiger partial charge < -0.3 is 15.4 Å². The summed E-state index contributed by atoms with van der Waals surface area (Å²) in [6.07, 6.45) is 0.0874. The molecule has 2 aromatic heterocycles. The number of aromatic amines is 1. The summed E-state index contributed by atoms with van der Waals surface area (Å²) in [5, 5.41) is 11.9. The molecule has 3 aromatic rings. The van der Waals surface area contributed by atoms with Crippen molar-refractivity contribution in [3.8, 4) is 0 Å². The van der Waals surface area contributed by atoms with Crippen molar-refractivity contribution in [3.63, 3.8) is 0 Å². The van der Waals surface area contributed by atoms with Gasteiger partial charge in [-0.05, 0) is 68.7 Å². The molecule has 0 unspecified atom stereocenters. The number of morpholine rings is 1. The van der Waals surface area contributed by atoms with E-state index in [9.17, 15) is 13.2 Å².